The van der Waals surface area contributed by atoms with E-state index in [0.29, 0.717) is 18.4 Å². The largest absolute Gasteiger partial charge is 0.446 e. The normalized spacial score (nSPS) is 14.9. The number of nitrogens with zero attached hydrogens (tertiary/aromatic N) is 1. The number of anilines is 2. The molecule has 38 heavy (non-hydrogen) atoms. The van der Waals surface area contributed by atoms with E-state index in [9.17, 15) is 18.8 Å². The summed E-state index contributed by atoms with van der Waals surface area (Å²) < 4.78 is 20.8. The molecule has 1 aliphatic rings. The fourth-order valence-corrected chi connectivity index (χ4v) is 4.55. The summed E-state index contributed by atoms with van der Waals surface area (Å²) in [7, 11) is 4.35. The van der Waals surface area contributed by atoms with E-state index in [4.69, 9.17) is 4.74 Å². The number of nitrogens with one attached hydrogen (secondary N) is 2. The smallest absolute Gasteiger partial charge is 0.411 e. The van der Waals surface area contributed by atoms with Crippen molar-refractivity contribution < 1.29 is 28.0 Å². The molecule has 0 saturated carbocycles. The maximum absolute atomic E-state index is 14.1. The van der Waals surface area contributed by atoms with Crippen molar-refractivity contribution >= 4 is 29.7 Å². The second-order valence-electron chi connectivity index (χ2n) is 10.3. The monoisotopic (exact) mass is 518 g/mol. The van der Waals surface area contributed by atoms with Crippen LogP contribution in [0.25, 0.3) is 11.1 Å². The van der Waals surface area contributed by atoms with Crippen LogP contribution in [0.5, 0.6) is 0 Å². The number of halogens is 1. The first-order valence-corrected chi connectivity index (χ1v) is 12.7. The average Bonchev–Trinajstić information content (AvgIpc) is 2.90. The molecule has 0 radical (unpaired) electrons. The Morgan fingerprint density at radius 1 is 0.974 bits per heavy atom. The number of ether oxygens (including phenoxy) is 1. The van der Waals surface area contributed by atoms with Crippen LogP contribution in [0, 0.1) is 5.82 Å². The number of amides is 2. The van der Waals surface area contributed by atoms with Crippen LogP contribution < -0.4 is 10.6 Å². The predicted octanol–water partition coefficient (Wildman–Crippen LogP) is 5.66. The van der Waals surface area contributed by atoms with E-state index < -0.39 is 11.9 Å². The lowest BCUT2D eigenvalue weighted by Gasteiger charge is -2.36. The zero-order valence-corrected chi connectivity index (χ0v) is 21.7. The second-order valence-corrected chi connectivity index (χ2v) is 10.3. The molecule has 0 spiro atoms. The molecule has 0 unspecified atom stereocenters. The first-order chi connectivity index (χ1) is 18.2. The van der Waals surface area contributed by atoms with Crippen molar-refractivity contribution in [3.63, 3.8) is 0 Å². The van der Waals surface area contributed by atoms with Gasteiger partial charge in [0.1, 0.15) is 18.2 Å². The number of benzene rings is 3. The summed E-state index contributed by atoms with van der Waals surface area (Å²) in [5.74, 6) is -1.02. The zero-order chi connectivity index (χ0) is 27.1. The molecule has 2 N–H and O–H groups in total. The number of likely N-dealkylation sites (tertiary alicyclic amines) is 1. The molecular weight excluding hydrogens is 485 g/mol. The average molecular weight is 519 g/mol. The predicted molar refractivity (Wildman–Crippen MR) is 146 cm³/mol. The molecular formula is C30H33FN3O4+. The van der Waals surface area contributed by atoms with Crippen LogP contribution in [-0.2, 0) is 16.0 Å². The zero-order valence-electron chi connectivity index (χ0n) is 21.7. The fraction of sp³-hybridized carbons (Fsp3) is 0.300. The summed E-state index contributed by atoms with van der Waals surface area (Å²) in [4.78, 5) is 36.1. The van der Waals surface area contributed by atoms with E-state index in [1.165, 1.54) is 12.1 Å². The first kappa shape index (κ1) is 27.0. The molecule has 198 valence electrons. The van der Waals surface area contributed by atoms with Crippen molar-refractivity contribution in [1.29, 1.82) is 0 Å². The van der Waals surface area contributed by atoms with Gasteiger partial charge in [0.05, 0.1) is 38.6 Å². The van der Waals surface area contributed by atoms with Crippen molar-refractivity contribution in [2.75, 3.05) is 37.8 Å². The molecule has 7 nitrogen and oxygen atoms in total. The highest BCUT2D eigenvalue weighted by Crippen LogP contribution is 2.30. The Bertz CT molecular complexity index is 1300. The van der Waals surface area contributed by atoms with E-state index in [1.54, 1.807) is 0 Å². The summed E-state index contributed by atoms with van der Waals surface area (Å²) >= 11 is 0. The lowest BCUT2D eigenvalue weighted by molar-refractivity contribution is -0.896. The van der Waals surface area contributed by atoms with Crippen molar-refractivity contribution in [3.8, 4) is 11.1 Å². The van der Waals surface area contributed by atoms with E-state index in [0.717, 1.165) is 53.2 Å². The van der Waals surface area contributed by atoms with Crippen molar-refractivity contribution in [2.24, 2.45) is 0 Å². The maximum atomic E-state index is 14.1. The Balaban J connectivity index is 1.44. The molecule has 1 heterocycles. The Morgan fingerprint density at radius 3 is 2.39 bits per heavy atom. The molecule has 1 saturated heterocycles. The van der Waals surface area contributed by atoms with Gasteiger partial charge in [-0.05, 0) is 41.8 Å². The Kier molecular flexibility index (Phi) is 8.53. The van der Waals surface area contributed by atoms with E-state index in [2.05, 4.69) is 24.7 Å². The van der Waals surface area contributed by atoms with Crippen molar-refractivity contribution in [3.05, 3.63) is 83.7 Å². The first-order valence-electron chi connectivity index (χ1n) is 12.7. The maximum Gasteiger partial charge on any atom is 0.411 e. The molecule has 2 amide bonds. The number of rotatable bonds is 8. The van der Waals surface area contributed by atoms with Gasteiger partial charge in [-0.3, -0.25) is 14.9 Å². The third kappa shape index (κ3) is 7.26. The van der Waals surface area contributed by atoms with Gasteiger partial charge in [-0.1, -0.05) is 42.5 Å². The summed E-state index contributed by atoms with van der Waals surface area (Å²) in [5, 5.41) is 5.46. The molecule has 1 fully saturated rings. The topological polar surface area (TPSA) is 84.5 Å². The van der Waals surface area contributed by atoms with Gasteiger partial charge in [-0.2, -0.15) is 0 Å². The van der Waals surface area contributed by atoms with Crippen molar-refractivity contribution in [2.45, 2.75) is 31.8 Å². The lowest BCUT2D eigenvalue weighted by Crippen LogP contribution is -2.48. The van der Waals surface area contributed by atoms with Gasteiger partial charge in [0.2, 0.25) is 5.91 Å². The molecule has 3 aromatic rings. The van der Waals surface area contributed by atoms with Gasteiger partial charge in [-0.25, -0.2) is 9.18 Å². The number of hydrogen-bond acceptors (Lipinski definition) is 4. The van der Waals surface area contributed by atoms with Gasteiger partial charge in [0.25, 0.3) is 0 Å². The summed E-state index contributed by atoms with van der Waals surface area (Å²) in [6.45, 7) is 1.91. The Hall–Kier alpha value is -4.04. The minimum Gasteiger partial charge on any atom is -0.446 e. The number of piperidine rings is 1. The minimum atomic E-state index is -0.666. The molecule has 0 aromatic heterocycles. The lowest BCUT2D eigenvalue weighted by atomic mass is 9.99. The number of aldehydes is 1. The molecule has 0 bridgehead atoms. The molecule has 0 atom stereocenters. The molecule has 8 heteroatoms. The van der Waals surface area contributed by atoms with Crippen LogP contribution >= 0.6 is 0 Å². The third-order valence-electron chi connectivity index (χ3n) is 6.84. The summed E-state index contributed by atoms with van der Waals surface area (Å²) in [6.07, 6.45) is 2.06. The quantitative estimate of drug-likeness (QED) is 0.298. The summed E-state index contributed by atoms with van der Waals surface area (Å²) in [5.41, 5.74) is 3.44. The highest BCUT2D eigenvalue weighted by atomic mass is 19.1. The number of aryl methyl sites for hydroxylation is 1. The number of carbonyl (C=O) groups is 3. The Morgan fingerprint density at radius 2 is 1.71 bits per heavy atom. The number of carbonyl (C=O) groups excluding carboxylic acids is 3. The Labute approximate surface area is 222 Å². The van der Waals surface area contributed by atoms with Gasteiger partial charge >= 0.3 is 6.09 Å². The number of hydrogen-bond donors (Lipinski definition) is 2. The van der Waals surface area contributed by atoms with E-state index in [1.807, 2.05) is 48.5 Å². The van der Waals surface area contributed by atoms with E-state index in [-0.39, 0.29) is 29.7 Å². The highest BCUT2D eigenvalue weighted by molar-refractivity contribution is 5.93. The standard InChI is InChI=1S/C30H32FN3O4/c1-34(2)16-14-24(15-17-34)38-30(37)33-28-19-21(8-11-25(28)23-6-4-3-5-7-23)10-13-29(36)32-27-12-9-22(20-35)18-26(27)31/h3-9,11-12,18-20,24H,10,13-17H2,1-2H3,(H-,32,33,35,36,37)/p+1. The van der Waals surface area contributed by atoms with E-state index >= 15 is 0 Å². The SMILES string of the molecule is C[N+]1(C)CCC(OC(=O)Nc2cc(CCC(=O)Nc3ccc(C=O)cc3F)ccc2-c2ccccc2)CC1. The minimum absolute atomic E-state index is 0.0232. The number of quaternary nitrogens is 1. The molecule has 4 rings (SSSR count). The third-order valence-corrected chi connectivity index (χ3v) is 6.84. The van der Waals surface area contributed by atoms with Crippen LogP contribution in [0.15, 0.2) is 66.7 Å². The summed E-state index contributed by atoms with van der Waals surface area (Å²) in [6, 6.07) is 19.3. The van der Waals surface area contributed by atoms with Crippen LogP contribution in [0.3, 0.4) is 0 Å². The van der Waals surface area contributed by atoms with Crippen LogP contribution in [0.4, 0.5) is 20.6 Å². The van der Waals surface area contributed by atoms with Gasteiger partial charge in [-0.15, -0.1) is 0 Å². The molecule has 3 aromatic carbocycles. The van der Waals surface area contributed by atoms with Gasteiger partial charge in [0.15, 0.2) is 0 Å². The van der Waals surface area contributed by atoms with Crippen LogP contribution in [-0.4, -0.2) is 56.1 Å². The van der Waals surface area contributed by atoms with Crippen molar-refractivity contribution in [1.82, 2.24) is 0 Å². The van der Waals surface area contributed by atoms with Crippen LogP contribution in [0.2, 0.25) is 0 Å². The molecule has 0 aliphatic carbocycles. The second kappa shape index (κ2) is 12.0. The highest BCUT2D eigenvalue weighted by Gasteiger charge is 2.28. The molecule has 1 aliphatic heterocycles. The fourth-order valence-electron chi connectivity index (χ4n) is 4.55. The van der Waals surface area contributed by atoms with Gasteiger partial charge in [0, 0.05) is 30.4 Å². The van der Waals surface area contributed by atoms with Crippen LogP contribution in [0.1, 0.15) is 35.2 Å². The van der Waals surface area contributed by atoms with Gasteiger partial charge < -0.3 is 14.5 Å².